The average molecular weight is 464 g/mol. The highest BCUT2D eigenvalue weighted by molar-refractivity contribution is 6.32. The maximum atomic E-state index is 13.6. The van der Waals surface area contributed by atoms with Crippen LogP contribution in [0.5, 0.6) is 0 Å². The fourth-order valence-electron chi connectivity index (χ4n) is 4.38. The molecular weight excluding hydrogens is 433 g/mol. The van der Waals surface area contributed by atoms with Gasteiger partial charge < -0.3 is 20.3 Å². The molecule has 2 N–H and O–H groups in total. The number of ether oxygens (including phenoxy) is 1. The number of allylic oxidation sites excluding steroid dienone is 1. The van der Waals surface area contributed by atoms with Crippen LogP contribution in [-0.4, -0.2) is 48.5 Å². The molecule has 0 bridgehead atoms. The fraction of sp³-hybridized carbons (Fsp3) is 0.333. The third-order valence-corrected chi connectivity index (χ3v) is 6.33. The first-order valence-electron chi connectivity index (χ1n) is 11.6. The van der Waals surface area contributed by atoms with E-state index in [0.29, 0.717) is 34.7 Å². The summed E-state index contributed by atoms with van der Waals surface area (Å²) >= 11 is 0. The molecule has 0 fully saturated rings. The lowest BCUT2D eigenvalue weighted by Crippen LogP contribution is -2.34. The minimum absolute atomic E-state index is 0.108. The van der Waals surface area contributed by atoms with Crippen molar-refractivity contribution in [2.75, 3.05) is 31.5 Å². The van der Waals surface area contributed by atoms with Crippen molar-refractivity contribution in [2.45, 2.75) is 33.3 Å². The number of anilines is 1. The van der Waals surface area contributed by atoms with E-state index in [1.165, 1.54) is 12.1 Å². The van der Waals surface area contributed by atoms with Gasteiger partial charge in [-0.15, -0.1) is 0 Å². The van der Waals surface area contributed by atoms with Crippen LogP contribution < -0.4 is 10.6 Å². The molecule has 0 radical (unpaired) electrons. The summed E-state index contributed by atoms with van der Waals surface area (Å²) in [6.07, 6.45) is 1.85. The molecule has 0 saturated carbocycles. The molecule has 178 valence electrons. The number of nitrogens with one attached hydrogen (secondary N) is 2. The minimum Gasteiger partial charge on any atom is -0.482 e. The zero-order chi connectivity index (χ0) is 24.5. The quantitative estimate of drug-likeness (QED) is 0.595. The third-order valence-electron chi connectivity index (χ3n) is 6.33. The van der Waals surface area contributed by atoms with Gasteiger partial charge in [0.25, 0.3) is 11.8 Å². The van der Waals surface area contributed by atoms with Gasteiger partial charge in [-0.3, -0.25) is 9.59 Å². The van der Waals surface area contributed by atoms with Crippen molar-refractivity contribution >= 4 is 28.6 Å². The molecule has 7 heteroatoms. The van der Waals surface area contributed by atoms with Crippen LogP contribution >= 0.6 is 0 Å². The van der Waals surface area contributed by atoms with Crippen molar-refractivity contribution < 1.29 is 18.7 Å². The standard InChI is InChI=1S/C27H30FN3O3/c1-5-31(6-2)14-13-29-25(32)18-9-7-17(8-10-18)21-16-23(34-27(21,3)4)24-20-12-11-19(28)15-22(20)30-26(24)33/h7-12,15-16H,5-6,13-14H2,1-4H3,(H,29,32)(H,30,33). The Morgan fingerprint density at radius 3 is 2.50 bits per heavy atom. The van der Waals surface area contributed by atoms with Gasteiger partial charge in [0.05, 0.1) is 11.3 Å². The van der Waals surface area contributed by atoms with E-state index < -0.39 is 11.4 Å². The second kappa shape index (κ2) is 9.43. The van der Waals surface area contributed by atoms with E-state index in [4.69, 9.17) is 4.74 Å². The van der Waals surface area contributed by atoms with Crippen LogP contribution in [0.25, 0.3) is 11.1 Å². The normalized spacial score (nSPS) is 18.4. The monoisotopic (exact) mass is 463 g/mol. The summed E-state index contributed by atoms with van der Waals surface area (Å²) in [5.74, 6) is -0.392. The number of likely N-dealkylation sites (N-methyl/N-ethyl adjacent to an activating group) is 1. The predicted molar refractivity (Wildman–Crippen MR) is 132 cm³/mol. The molecule has 6 nitrogen and oxygen atoms in total. The largest absolute Gasteiger partial charge is 0.482 e. The summed E-state index contributed by atoms with van der Waals surface area (Å²) in [6.45, 7) is 11.4. The van der Waals surface area contributed by atoms with E-state index in [9.17, 15) is 14.0 Å². The van der Waals surface area contributed by atoms with Crippen LogP contribution in [0.3, 0.4) is 0 Å². The SMILES string of the molecule is CCN(CC)CCNC(=O)c1ccc(C2=CC(=C3C(=O)Nc4cc(F)ccc43)OC2(C)C)cc1. The summed E-state index contributed by atoms with van der Waals surface area (Å²) in [6, 6.07) is 11.6. The zero-order valence-electron chi connectivity index (χ0n) is 20.0. The number of carbonyl (C=O) groups is 2. The number of nitrogens with zero attached hydrogens (tertiary/aromatic N) is 1. The Morgan fingerprint density at radius 1 is 1.12 bits per heavy atom. The lowest BCUT2D eigenvalue weighted by Gasteiger charge is -2.23. The van der Waals surface area contributed by atoms with Crippen molar-refractivity contribution in [1.82, 2.24) is 10.2 Å². The summed E-state index contributed by atoms with van der Waals surface area (Å²) in [5, 5.41) is 5.67. The van der Waals surface area contributed by atoms with Gasteiger partial charge in [0.2, 0.25) is 0 Å². The predicted octanol–water partition coefficient (Wildman–Crippen LogP) is 4.45. The average Bonchev–Trinajstić information content (AvgIpc) is 3.30. The highest BCUT2D eigenvalue weighted by Gasteiger charge is 2.38. The molecule has 34 heavy (non-hydrogen) atoms. The summed E-state index contributed by atoms with van der Waals surface area (Å²) in [5.41, 5.74) is 3.15. The van der Waals surface area contributed by atoms with Gasteiger partial charge >= 0.3 is 0 Å². The number of halogens is 1. The van der Waals surface area contributed by atoms with Crippen molar-refractivity contribution in [1.29, 1.82) is 0 Å². The van der Waals surface area contributed by atoms with Gasteiger partial charge in [-0.05, 0) is 68.9 Å². The third kappa shape index (κ3) is 4.61. The van der Waals surface area contributed by atoms with Gasteiger partial charge in [-0.25, -0.2) is 4.39 Å². The summed E-state index contributed by atoms with van der Waals surface area (Å²) in [7, 11) is 0. The van der Waals surface area contributed by atoms with Crippen LogP contribution in [0, 0.1) is 5.82 Å². The molecule has 2 aliphatic rings. The highest BCUT2D eigenvalue weighted by atomic mass is 19.1. The number of fused-ring (bicyclic) bond motifs is 1. The number of hydrogen-bond acceptors (Lipinski definition) is 4. The Balaban J connectivity index is 1.55. The molecule has 0 spiro atoms. The topological polar surface area (TPSA) is 70.7 Å². The molecule has 2 amide bonds. The van der Waals surface area contributed by atoms with E-state index in [-0.39, 0.29) is 11.8 Å². The molecule has 0 aliphatic carbocycles. The number of hydrogen-bond donors (Lipinski definition) is 2. The van der Waals surface area contributed by atoms with Crippen molar-refractivity contribution in [2.24, 2.45) is 0 Å². The Morgan fingerprint density at radius 2 is 1.82 bits per heavy atom. The summed E-state index contributed by atoms with van der Waals surface area (Å²) < 4.78 is 19.8. The molecule has 0 unspecified atom stereocenters. The van der Waals surface area contributed by atoms with Gasteiger partial charge in [-0.1, -0.05) is 26.0 Å². The Kier molecular flexibility index (Phi) is 6.57. The van der Waals surface area contributed by atoms with E-state index in [1.54, 1.807) is 18.2 Å². The Hall–Kier alpha value is -3.45. The molecule has 4 rings (SSSR count). The lowest BCUT2D eigenvalue weighted by molar-refractivity contribution is -0.111. The molecule has 2 aliphatic heterocycles. The Bertz CT molecular complexity index is 1180. The second-order valence-corrected chi connectivity index (χ2v) is 8.91. The van der Waals surface area contributed by atoms with Crippen LogP contribution in [0.15, 0.2) is 54.3 Å². The Labute approximate surface area is 199 Å². The first-order valence-corrected chi connectivity index (χ1v) is 11.6. The van der Waals surface area contributed by atoms with Crippen molar-refractivity contribution in [3.05, 3.63) is 76.8 Å². The van der Waals surface area contributed by atoms with Gasteiger partial charge in [-0.2, -0.15) is 0 Å². The number of carbonyl (C=O) groups excluding carboxylic acids is 2. The summed E-state index contributed by atoms with van der Waals surface area (Å²) in [4.78, 5) is 27.4. The van der Waals surface area contributed by atoms with Crippen LogP contribution in [0.1, 0.15) is 49.2 Å². The number of benzene rings is 2. The van der Waals surface area contributed by atoms with Gasteiger partial charge in [0, 0.05) is 29.8 Å². The molecule has 0 aromatic heterocycles. The first kappa shape index (κ1) is 23.7. The van der Waals surface area contributed by atoms with E-state index >= 15 is 0 Å². The van der Waals surface area contributed by atoms with Crippen molar-refractivity contribution in [3.63, 3.8) is 0 Å². The van der Waals surface area contributed by atoms with E-state index in [0.717, 1.165) is 30.8 Å². The molecule has 2 aromatic rings. The van der Waals surface area contributed by atoms with E-state index in [1.807, 2.05) is 32.1 Å². The van der Waals surface area contributed by atoms with Gasteiger partial charge in [0.15, 0.2) is 0 Å². The lowest BCUT2D eigenvalue weighted by atomic mass is 9.91. The smallest absolute Gasteiger partial charge is 0.260 e. The fourth-order valence-corrected chi connectivity index (χ4v) is 4.38. The first-order chi connectivity index (χ1) is 16.2. The number of amides is 2. The molecular formula is C27H30FN3O3. The van der Waals surface area contributed by atoms with Crippen LogP contribution in [-0.2, 0) is 9.53 Å². The minimum atomic E-state index is -0.682. The van der Waals surface area contributed by atoms with Crippen LogP contribution in [0.2, 0.25) is 0 Å². The van der Waals surface area contributed by atoms with Crippen LogP contribution in [0.4, 0.5) is 10.1 Å². The van der Waals surface area contributed by atoms with Gasteiger partial charge in [0.1, 0.15) is 17.2 Å². The van der Waals surface area contributed by atoms with E-state index in [2.05, 4.69) is 29.4 Å². The molecule has 2 aromatic carbocycles. The molecule has 0 saturated heterocycles. The maximum Gasteiger partial charge on any atom is 0.260 e. The molecule has 0 atom stereocenters. The highest BCUT2D eigenvalue weighted by Crippen LogP contribution is 2.44. The maximum absolute atomic E-state index is 13.6. The molecule has 2 heterocycles. The second-order valence-electron chi connectivity index (χ2n) is 8.91. The van der Waals surface area contributed by atoms with Crippen molar-refractivity contribution in [3.8, 4) is 0 Å². The zero-order valence-corrected chi connectivity index (χ0v) is 20.0. The number of rotatable bonds is 7.